The van der Waals surface area contributed by atoms with Crippen LogP contribution in [0.4, 0.5) is 0 Å². The van der Waals surface area contributed by atoms with Crippen LogP contribution in [0, 0.1) is 6.92 Å². The second-order valence-electron chi connectivity index (χ2n) is 7.86. The van der Waals surface area contributed by atoms with Crippen molar-refractivity contribution >= 4 is 35.4 Å². The average molecular weight is 475 g/mol. The Hall–Kier alpha value is -3.31. The molecule has 2 N–H and O–H groups in total. The number of carbonyl (C=O) groups is 2. The Kier molecular flexibility index (Phi) is 8.12. The van der Waals surface area contributed by atoms with Crippen LogP contribution in [0.15, 0.2) is 29.4 Å². The summed E-state index contributed by atoms with van der Waals surface area (Å²) in [6.45, 7) is 7.30. The van der Waals surface area contributed by atoms with Gasteiger partial charge in [-0.05, 0) is 55.3 Å². The molecule has 2 aromatic rings. The fraction of sp³-hybridized carbons (Fsp3) is 0.429. The van der Waals surface area contributed by atoms with Crippen LogP contribution >= 0.6 is 11.6 Å². The van der Waals surface area contributed by atoms with Gasteiger partial charge >= 0.3 is 5.97 Å². The number of hydrogen-bond acceptors (Lipinski definition) is 8. The summed E-state index contributed by atoms with van der Waals surface area (Å²) in [5.41, 5.74) is 7.08. The van der Waals surface area contributed by atoms with E-state index in [-0.39, 0.29) is 24.3 Å². The van der Waals surface area contributed by atoms with Gasteiger partial charge in [0.05, 0.1) is 13.1 Å². The summed E-state index contributed by atoms with van der Waals surface area (Å²) in [4.78, 5) is 34.6. The minimum absolute atomic E-state index is 0.0737. The highest BCUT2D eigenvalue weighted by atomic mass is 35.5. The molecular formula is C21H27ClN8O3. The summed E-state index contributed by atoms with van der Waals surface area (Å²) < 4.78 is 0. The Labute approximate surface area is 196 Å². The first-order chi connectivity index (χ1) is 15.7. The number of tetrazole rings is 1. The maximum Gasteiger partial charge on any atom is 0.348 e. The number of amides is 1. The summed E-state index contributed by atoms with van der Waals surface area (Å²) in [6, 6.07) is 5.37. The van der Waals surface area contributed by atoms with E-state index >= 15 is 0 Å². The molecule has 12 heteroatoms. The molecule has 33 heavy (non-hydrogen) atoms. The maximum atomic E-state index is 12.9. The van der Waals surface area contributed by atoms with Gasteiger partial charge in [-0.25, -0.2) is 4.79 Å². The van der Waals surface area contributed by atoms with E-state index in [4.69, 9.17) is 22.2 Å². The molecule has 3 rings (SSSR count). The first-order valence-corrected chi connectivity index (χ1v) is 10.8. The van der Waals surface area contributed by atoms with Gasteiger partial charge in [-0.2, -0.15) is 4.80 Å². The second-order valence-corrected chi connectivity index (χ2v) is 8.29. The van der Waals surface area contributed by atoms with Crippen LogP contribution in [0.25, 0.3) is 6.08 Å². The molecule has 1 aromatic carbocycles. The monoisotopic (exact) mass is 474 g/mol. The van der Waals surface area contributed by atoms with E-state index in [1.165, 1.54) is 11.7 Å². The number of aromatic nitrogens is 4. The molecule has 0 radical (unpaired) electrons. The van der Waals surface area contributed by atoms with Crippen molar-refractivity contribution in [3.05, 3.63) is 46.2 Å². The number of halogens is 1. The van der Waals surface area contributed by atoms with E-state index in [0.29, 0.717) is 37.0 Å². The first-order valence-electron chi connectivity index (χ1n) is 10.4. The Balaban J connectivity index is 1.61. The van der Waals surface area contributed by atoms with Crippen LogP contribution in [-0.4, -0.2) is 79.9 Å². The molecular weight excluding hydrogens is 448 g/mol. The Morgan fingerprint density at radius 2 is 2.15 bits per heavy atom. The molecule has 176 valence electrons. The fourth-order valence-electron chi connectivity index (χ4n) is 3.51. The standard InChI is InChI=1S/C21H27ClN8O3/c1-14-11-28(13-21(32)33-26-15(2)23)8-9-29(14)20(31)7-5-17-4-6-19(22)10-18(17)12-30-25-16(3)24-27-30/h4-7,10,14H,8-9,11-13H2,1-3H3,(H2,23,26)/b7-5+/t14-/m1/s1. The lowest BCUT2D eigenvalue weighted by Crippen LogP contribution is -2.54. The van der Waals surface area contributed by atoms with Crippen molar-refractivity contribution in [3.63, 3.8) is 0 Å². The Bertz CT molecular complexity index is 1060. The van der Waals surface area contributed by atoms with Gasteiger partial charge in [0.2, 0.25) is 5.91 Å². The van der Waals surface area contributed by atoms with Crippen LogP contribution < -0.4 is 5.73 Å². The van der Waals surface area contributed by atoms with Gasteiger partial charge in [0.1, 0.15) is 5.84 Å². The van der Waals surface area contributed by atoms with Crippen LogP contribution in [0.5, 0.6) is 0 Å². The van der Waals surface area contributed by atoms with Gasteiger partial charge in [-0.3, -0.25) is 9.69 Å². The van der Waals surface area contributed by atoms with E-state index in [1.807, 2.05) is 24.0 Å². The predicted octanol–water partition coefficient (Wildman–Crippen LogP) is 1.06. The number of amidine groups is 1. The van der Waals surface area contributed by atoms with Gasteiger partial charge in [0.25, 0.3) is 0 Å². The van der Waals surface area contributed by atoms with Crippen molar-refractivity contribution in [1.29, 1.82) is 0 Å². The molecule has 11 nitrogen and oxygen atoms in total. The quantitative estimate of drug-likeness (QED) is 0.207. The average Bonchev–Trinajstić information content (AvgIpc) is 3.16. The van der Waals surface area contributed by atoms with Gasteiger partial charge in [-0.1, -0.05) is 22.8 Å². The third-order valence-electron chi connectivity index (χ3n) is 5.01. The van der Waals surface area contributed by atoms with Gasteiger partial charge in [0.15, 0.2) is 5.82 Å². The molecule has 0 unspecified atom stereocenters. The highest BCUT2D eigenvalue weighted by Crippen LogP contribution is 2.19. The second kappa shape index (κ2) is 11.0. The van der Waals surface area contributed by atoms with Gasteiger partial charge in [0, 0.05) is 36.8 Å². The van der Waals surface area contributed by atoms with E-state index < -0.39 is 5.97 Å². The molecule has 0 spiro atoms. The molecule has 1 amide bonds. The van der Waals surface area contributed by atoms with Crippen molar-refractivity contribution in [3.8, 4) is 0 Å². The number of piperazine rings is 1. The smallest absolute Gasteiger partial charge is 0.348 e. The van der Waals surface area contributed by atoms with Crippen molar-refractivity contribution in [2.75, 3.05) is 26.2 Å². The number of nitrogens with two attached hydrogens (primary N) is 1. The number of rotatable bonds is 7. The fourth-order valence-corrected chi connectivity index (χ4v) is 3.71. The van der Waals surface area contributed by atoms with E-state index in [2.05, 4.69) is 20.6 Å². The molecule has 2 heterocycles. The number of oxime groups is 1. The lowest BCUT2D eigenvalue weighted by molar-refractivity contribution is -0.146. The number of aryl methyl sites for hydroxylation is 1. The highest BCUT2D eigenvalue weighted by Gasteiger charge is 2.27. The minimum Gasteiger partial charge on any atom is -0.385 e. The molecule has 0 saturated carbocycles. The normalized spacial score (nSPS) is 17.5. The molecule has 1 aliphatic rings. The Morgan fingerprint density at radius 3 is 2.82 bits per heavy atom. The summed E-state index contributed by atoms with van der Waals surface area (Å²) in [5.74, 6) is 0.158. The van der Waals surface area contributed by atoms with Crippen LogP contribution in [-0.2, 0) is 21.0 Å². The lowest BCUT2D eigenvalue weighted by Gasteiger charge is -2.38. The minimum atomic E-state index is -0.487. The largest absolute Gasteiger partial charge is 0.385 e. The molecule has 1 aliphatic heterocycles. The molecule has 1 saturated heterocycles. The predicted molar refractivity (Wildman–Crippen MR) is 123 cm³/mol. The molecule has 1 fully saturated rings. The highest BCUT2D eigenvalue weighted by molar-refractivity contribution is 6.30. The molecule has 0 bridgehead atoms. The third kappa shape index (κ3) is 7.09. The van der Waals surface area contributed by atoms with Gasteiger partial charge < -0.3 is 15.5 Å². The van der Waals surface area contributed by atoms with E-state index in [9.17, 15) is 9.59 Å². The zero-order valence-corrected chi connectivity index (χ0v) is 19.6. The van der Waals surface area contributed by atoms with Crippen molar-refractivity contribution in [1.82, 2.24) is 30.0 Å². The molecule has 1 atom stereocenters. The van der Waals surface area contributed by atoms with Crippen molar-refractivity contribution in [2.24, 2.45) is 10.9 Å². The van der Waals surface area contributed by atoms with E-state index in [0.717, 1.165) is 11.1 Å². The maximum absolute atomic E-state index is 12.9. The van der Waals surface area contributed by atoms with Crippen molar-refractivity contribution in [2.45, 2.75) is 33.4 Å². The van der Waals surface area contributed by atoms with Crippen LogP contribution in [0.2, 0.25) is 5.02 Å². The van der Waals surface area contributed by atoms with Crippen molar-refractivity contribution < 1.29 is 14.4 Å². The van der Waals surface area contributed by atoms with Gasteiger partial charge in [-0.15, -0.1) is 10.2 Å². The third-order valence-corrected chi connectivity index (χ3v) is 5.25. The molecule has 1 aromatic heterocycles. The lowest BCUT2D eigenvalue weighted by atomic mass is 10.1. The zero-order chi connectivity index (χ0) is 24.0. The summed E-state index contributed by atoms with van der Waals surface area (Å²) in [6.07, 6.45) is 3.31. The van der Waals surface area contributed by atoms with Crippen LogP contribution in [0.1, 0.15) is 30.8 Å². The SMILES string of the molecule is C/C(N)=N/OC(=O)CN1CCN(C(=O)/C=C/c2ccc(Cl)cc2Cn2nnc(C)n2)[C@H](C)C1. The summed E-state index contributed by atoms with van der Waals surface area (Å²) in [5, 5.41) is 16.1. The van der Waals surface area contributed by atoms with E-state index in [1.54, 1.807) is 30.0 Å². The molecule has 0 aliphatic carbocycles. The zero-order valence-electron chi connectivity index (χ0n) is 18.8. The topological polar surface area (TPSA) is 132 Å². The number of nitrogens with zero attached hydrogens (tertiary/aromatic N) is 7. The van der Waals surface area contributed by atoms with Crippen LogP contribution in [0.3, 0.4) is 0 Å². The summed E-state index contributed by atoms with van der Waals surface area (Å²) in [7, 11) is 0. The first kappa shape index (κ1) is 24.3. The summed E-state index contributed by atoms with van der Waals surface area (Å²) >= 11 is 6.16. The Morgan fingerprint density at radius 1 is 1.36 bits per heavy atom. The number of hydrogen-bond donors (Lipinski definition) is 1. The number of carbonyl (C=O) groups excluding carboxylic acids is 2. The number of benzene rings is 1.